The van der Waals surface area contributed by atoms with Crippen molar-refractivity contribution in [3.63, 3.8) is 0 Å². The van der Waals surface area contributed by atoms with E-state index in [0.29, 0.717) is 6.42 Å². The van der Waals surface area contributed by atoms with Crippen LogP contribution in [0.3, 0.4) is 0 Å². The molecule has 158 valence electrons. The first-order valence-electron chi connectivity index (χ1n) is 12.5. The first-order chi connectivity index (χ1) is 16.0. The molecule has 0 radical (unpaired) electrons. The summed E-state index contributed by atoms with van der Waals surface area (Å²) in [7, 11) is 0. The highest BCUT2D eigenvalue weighted by Crippen LogP contribution is 2.40. The van der Waals surface area contributed by atoms with Gasteiger partial charge in [-0.2, -0.15) is 0 Å². The number of rotatable bonds is 8. The minimum Gasteiger partial charge on any atom is -0.480 e. The molecule has 1 aromatic rings. The summed E-state index contributed by atoms with van der Waals surface area (Å²) < 4.78 is 39.2. The van der Waals surface area contributed by atoms with Crippen LogP contribution in [0.15, 0.2) is 30.2 Å². The van der Waals surface area contributed by atoms with E-state index < -0.39 is 54.1 Å². The highest BCUT2D eigenvalue weighted by molar-refractivity contribution is 5.88. The molecule has 2 aliphatic rings. The molecule has 3 N–H and O–H groups in total. The topological polar surface area (TPSA) is 107 Å². The van der Waals surface area contributed by atoms with Crippen LogP contribution >= 0.6 is 0 Å². The Labute approximate surface area is 178 Å². The zero-order valence-corrected chi connectivity index (χ0v) is 16.4. The number of amides is 1. The molecule has 3 rings (SSSR count). The molecule has 1 saturated carbocycles. The van der Waals surface area contributed by atoms with E-state index in [0.717, 1.165) is 25.7 Å². The molecule has 1 aliphatic heterocycles. The number of carboxylic acids is 2. The van der Waals surface area contributed by atoms with Gasteiger partial charge in [0.25, 0.3) is 0 Å². The Bertz CT molecular complexity index is 962. The number of hydrogen-bond acceptors (Lipinski definition) is 4. The molecule has 5 atom stereocenters. The second-order valence-electron chi connectivity index (χ2n) is 7.87. The van der Waals surface area contributed by atoms with E-state index in [4.69, 9.17) is 6.85 Å². The summed E-state index contributed by atoms with van der Waals surface area (Å²) in [6.07, 6.45) is 3.69. The molecule has 5 unspecified atom stereocenters. The van der Waals surface area contributed by atoms with Gasteiger partial charge in [0.15, 0.2) is 0 Å². The van der Waals surface area contributed by atoms with Crippen molar-refractivity contribution in [2.75, 3.05) is 0 Å². The average Bonchev–Trinajstić information content (AvgIpc) is 3.19. The summed E-state index contributed by atoms with van der Waals surface area (Å²) in [6.45, 7) is 1.50. The van der Waals surface area contributed by atoms with Gasteiger partial charge in [-0.05, 0) is 50.5 Å². The number of nitrogens with one attached hydrogen (secondary N) is 1. The minimum absolute atomic E-state index is 0.00793. The summed E-state index contributed by atoms with van der Waals surface area (Å²) in [5.74, 6) is -2.65. The van der Waals surface area contributed by atoms with Crippen molar-refractivity contribution in [3.8, 4) is 0 Å². The van der Waals surface area contributed by atoms with E-state index in [1.165, 1.54) is 11.8 Å². The van der Waals surface area contributed by atoms with Crippen LogP contribution in [0.1, 0.15) is 57.9 Å². The lowest BCUT2D eigenvalue weighted by molar-refractivity contribution is -0.151. The normalized spacial score (nSPS) is 28.2. The predicted molar refractivity (Wildman–Crippen MR) is 107 cm³/mol. The summed E-state index contributed by atoms with van der Waals surface area (Å²) in [5, 5.41) is 22.1. The molecular formula is C22H30N2O5. The Hall–Kier alpha value is -2.41. The molecule has 29 heavy (non-hydrogen) atoms. The summed E-state index contributed by atoms with van der Waals surface area (Å²) in [4.78, 5) is 38.4. The van der Waals surface area contributed by atoms with Crippen molar-refractivity contribution >= 4 is 17.8 Å². The zero-order valence-electron chi connectivity index (χ0n) is 21.4. The summed E-state index contributed by atoms with van der Waals surface area (Å²) in [5.41, 5.74) is 0.00793. The molecule has 1 aromatic carbocycles. The number of fused-ring (bicyclic) bond motifs is 1. The van der Waals surface area contributed by atoms with Gasteiger partial charge in [0.1, 0.15) is 12.1 Å². The van der Waals surface area contributed by atoms with Crippen molar-refractivity contribution in [2.45, 2.75) is 76.0 Å². The number of carbonyl (C=O) groups excluding carboxylic acids is 1. The molecule has 1 saturated heterocycles. The fourth-order valence-corrected chi connectivity index (χ4v) is 4.56. The third kappa shape index (κ3) is 4.96. The lowest BCUT2D eigenvalue weighted by atomic mass is 9.84. The number of aliphatic carboxylic acids is 2. The highest BCUT2D eigenvalue weighted by atomic mass is 16.4. The third-order valence-corrected chi connectivity index (χ3v) is 5.98. The Morgan fingerprint density at radius 2 is 1.90 bits per heavy atom. The van der Waals surface area contributed by atoms with E-state index in [1.54, 1.807) is 0 Å². The largest absolute Gasteiger partial charge is 0.480 e. The molecule has 0 spiro atoms. The number of nitrogens with zero attached hydrogens (tertiary/aromatic N) is 1. The van der Waals surface area contributed by atoms with Crippen molar-refractivity contribution in [1.82, 2.24) is 10.2 Å². The van der Waals surface area contributed by atoms with Gasteiger partial charge in [-0.25, -0.2) is 4.79 Å². The van der Waals surface area contributed by atoms with Crippen LogP contribution in [-0.2, 0) is 20.8 Å². The van der Waals surface area contributed by atoms with Crippen molar-refractivity contribution in [3.05, 3.63) is 35.8 Å². The molecule has 1 aliphatic carbocycles. The van der Waals surface area contributed by atoms with Crippen LogP contribution in [0.5, 0.6) is 0 Å². The van der Waals surface area contributed by atoms with Crippen molar-refractivity contribution in [2.24, 2.45) is 5.92 Å². The van der Waals surface area contributed by atoms with Crippen molar-refractivity contribution < 1.29 is 31.5 Å². The Morgan fingerprint density at radius 3 is 2.55 bits per heavy atom. The number of carboxylic acid groups (broad SMARTS) is 2. The first-order valence-corrected chi connectivity index (χ1v) is 10.0. The van der Waals surface area contributed by atoms with Crippen LogP contribution in [0.2, 0.25) is 0 Å². The molecule has 7 nitrogen and oxygen atoms in total. The Morgan fingerprint density at radius 1 is 1.21 bits per heavy atom. The summed E-state index contributed by atoms with van der Waals surface area (Å²) >= 11 is 0. The monoisotopic (exact) mass is 407 g/mol. The molecular weight excluding hydrogens is 372 g/mol. The number of likely N-dealkylation sites (tertiary alicyclic amines) is 1. The first kappa shape index (κ1) is 15.4. The van der Waals surface area contributed by atoms with Crippen LogP contribution < -0.4 is 5.32 Å². The van der Waals surface area contributed by atoms with Gasteiger partial charge in [0, 0.05) is 6.04 Å². The fraction of sp³-hybridized carbons (Fsp3) is 0.591. The molecule has 2 fully saturated rings. The van der Waals surface area contributed by atoms with E-state index in [1.807, 2.05) is 0 Å². The summed E-state index contributed by atoms with van der Waals surface area (Å²) in [6, 6.07) is -5.57. The maximum Gasteiger partial charge on any atom is 0.326 e. The Kier molecular flexibility index (Phi) is 5.00. The second-order valence-corrected chi connectivity index (χ2v) is 7.87. The smallest absolute Gasteiger partial charge is 0.326 e. The average molecular weight is 408 g/mol. The molecule has 1 heterocycles. The van der Waals surface area contributed by atoms with Crippen LogP contribution in [0.25, 0.3) is 0 Å². The lowest BCUT2D eigenvalue weighted by Gasteiger charge is -2.35. The van der Waals surface area contributed by atoms with Gasteiger partial charge in [-0.3, -0.25) is 14.9 Å². The minimum atomic E-state index is -1.25. The number of benzene rings is 1. The van der Waals surface area contributed by atoms with Gasteiger partial charge in [0.05, 0.1) is 12.9 Å². The quantitative estimate of drug-likeness (QED) is 0.610. The van der Waals surface area contributed by atoms with Crippen molar-refractivity contribution in [1.29, 1.82) is 0 Å². The van der Waals surface area contributed by atoms with Gasteiger partial charge in [-0.15, -0.1) is 0 Å². The second kappa shape index (κ2) is 9.39. The van der Waals surface area contributed by atoms with E-state index in [-0.39, 0.29) is 42.4 Å². The van der Waals surface area contributed by atoms with Gasteiger partial charge < -0.3 is 15.1 Å². The van der Waals surface area contributed by atoms with E-state index >= 15 is 0 Å². The third-order valence-electron chi connectivity index (χ3n) is 5.98. The van der Waals surface area contributed by atoms with Gasteiger partial charge >= 0.3 is 11.9 Å². The number of hydrogen-bond donors (Lipinski definition) is 3. The van der Waals surface area contributed by atoms with Crippen LogP contribution in [0, 0.1) is 5.92 Å². The zero-order chi connectivity index (χ0) is 25.3. The Balaban J connectivity index is 1.74. The lowest BCUT2D eigenvalue weighted by Crippen LogP contribution is -2.55. The molecule has 7 heteroatoms. The standard InChI is InChI=1S/C22H30N2O5/c1-14(23-17(21(26)27)12-11-15-7-3-2-4-8-15)20(25)24-18-10-6-5-9-16(18)13-19(24)22(28)29/h2-4,7-8,14,16-19,23H,5-6,9-13H2,1H3,(H,26,27)(H,28,29)/i2D,3D,4D,7D,8D. The maximum atomic E-state index is 13.3. The van der Waals surface area contributed by atoms with E-state index in [9.17, 15) is 24.6 Å². The highest BCUT2D eigenvalue weighted by Gasteiger charge is 2.48. The maximum absolute atomic E-state index is 13.3. The van der Waals surface area contributed by atoms with Gasteiger partial charge in [-0.1, -0.05) is 43.1 Å². The van der Waals surface area contributed by atoms with Gasteiger partial charge in [0.2, 0.25) is 5.91 Å². The molecule has 0 aromatic heterocycles. The van der Waals surface area contributed by atoms with E-state index in [2.05, 4.69) is 5.32 Å². The predicted octanol–water partition coefficient (Wildman–Crippen LogP) is 2.29. The fourth-order valence-electron chi connectivity index (χ4n) is 4.56. The van der Waals surface area contributed by atoms with Crippen LogP contribution in [-0.4, -0.2) is 57.1 Å². The molecule has 0 bridgehead atoms. The van der Waals surface area contributed by atoms with Crippen LogP contribution in [0.4, 0.5) is 0 Å². The number of carbonyl (C=O) groups is 3. The SMILES string of the molecule is [2H]c1c([2H])c([2H])c(CCC(NC(C)C(=O)N2C(C(=O)O)CC3CCCCC32)C(=O)O)c([2H])c1[2H]. The molecule has 1 amide bonds.